The third kappa shape index (κ3) is 5.62. The van der Waals surface area contributed by atoms with Crippen LogP contribution in [0.3, 0.4) is 0 Å². The van der Waals surface area contributed by atoms with E-state index in [9.17, 15) is 13.2 Å². The third-order valence-corrected chi connectivity index (χ3v) is 6.84. The number of carbonyl (C=O) groups is 1. The van der Waals surface area contributed by atoms with Crippen LogP contribution in [-0.4, -0.2) is 26.4 Å². The molecule has 0 saturated heterocycles. The van der Waals surface area contributed by atoms with Crippen LogP contribution in [0.2, 0.25) is 5.02 Å². The molecule has 1 aromatic heterocycles. The molecule has 1 amide bonds. The van der Waals surface area contributed by atoms with Crippen molar-refractivity contribution in [2.75, 3.05) is 17.1 Å². The van der Waals surface area contributed by atoms with Crippen LogP contribution in [0.5, 0.6) is 5.75 Å². The van der Waals surface area contributed by atoms with Crippen molar-refractivity contribution in [3.05, 3.63) is 101 Å². The van der Waals surface area contributed by atoms with Gasteiger partial charge in [-0.05, 0) is 61.0 Å². The number of methoxy groups -OCH3 is 1. The molecule has 3 aromatic carbocycles. The summed E-state index contributed by atoms with van der Waals surface area (Å²) in [6.45, 7) is 1.79. The predicted molar refractivity (Wildman–Crippen MR) is 138 cm³/mol. The number of carbonyl (C=O) groups excluding carboxylic acids is 1. The molecule has 4 rings (SSSR count). The molecule has 0 unspecified atom stereocenters. The normalized spacial score (nSPS) is 11.1. The van der Waals surface area contributed by atoms with Gasteiger partial charge in [-0.2, -0.15) is 0 Å². The van der Waals surface area contributed by atoms with Crippen molar-refractivity contribution in [1.29, 1.82) is 0 Å². The Morgan fingerprint density at radius 3 is 2.29 bits per heavy atom. The highest BCUT2D eigenvalue weighted by atomic mass is 35.5. The summed E-state index contributed by atoms with van der Waals surface area (Å²) in [7, 11) is -2.66. The first-order chi connectivity index (χ1) is 16.8. The summed E-state index contributed by atoms with van der Waals surface area (Å²) in [4.78, 5) is 17.5. The number of amides is 1. The standard InChI is InChI=1S/C26H22ClN3O4S/c1-17-8-14-22(18-6-4-3-5-7-18)29-25(17)26(31)28-21-13-15-23(34-2)24(16-21)35(32,33)30-20-11-9-19(27)10-12-20/h3-16,30H,1-2H3,(H,28,31). The molecule has 0 fully saturated rings. The molecular formula is C26H22ClN3O4S. The van der Waals surface area contributed by atoms with Crippen LogP contribution < -0.4 is 14.8 Å². The Labute approximate surface area is 208 Å². The second-order valence-electron chi connectivity index (χ2n) is 7.66. The quantitative estimate of drug-likeness (QED) is 0.331. The van der Waals surface area contributed by atoms with Gasteiger partial charge >= 0.3 is 0 Å². The topological polar surface area (TPSA) is 97.4 Å². The summed E-state index contributed by atoms with van der Waals surface area (Å²) >= 11 is 5.88. The second kappa shape index (κ2) is 10.2. The van der Waals surface area contributed by atoms with Crippen LogP contribution in [0.1, 0.15) is 16.1 Å². The average molecular weight is 508 g/mol. The third-order valence-electron chi connectivity index (χ3n) is 5.19. The van der Waals surface area contributed by atoms with Crippen molar-refractivity contribution in [2.24, 2.45) is 0 Å². The number of aryl methyl sites for hydroxylation is 1. The van der Waals surface area contributed by atoms with E-state index in [0.29, 0.717) is 22.0 Å². The molecule has 0 atom stereocenters. The number of sulfonamides is 1. The zero-order valence-corrected chi connectivity index (χ0v) is 20.5. The number of anilines is 2. The molecule has 7 nitrogen and oxygen atoms in total. The Balaban J connectivity index is 1.63. The molecule has 9 heteroatoms. The van der Waals surface area contributed by atoms with Crippen molar-refractivity contribution in [1.82, 2.24) is 4.98 Å². The molecular weight excluding hydrogens is 486 g/mol. The van der Waals surface area contributed by atoms with Crippen LogP contribution in [0, 0.1) is 6.92 Å². The number of ether oxygens (including phenoxy) is 1. The van der Waals surface area contributed by atoms with Gasteiger partial charge in [0.05, 0.1) is 12.8 Å². The number of nitrogens with zero attached hydrogens (tertiary/aromatic N) is 1. The molecule has 0 radical (unpaired) electrons. The minimum Gasteiger partial charge on any atom is -0.495 e. The Kier molecular flexibility index (Phi) is 7.04. The van der Waals surface area contributed by atoms with Gasteiger partial charge in [0, 0.05) is 22.0 Å². The SMILES string of the molecule is COc1ccc(NC(=O)c2nc(-c3ccccc3)ccc2C)cc1S(=O)(=O)Nc1ccc(Cl)cc1. The summed E-state index contributed by atoms with van der Waals surface area (Å²) in [5, 5.41) is 3.23. The molecule has 0 aliphatic heterocycles. The molecule has 0 aliphatic carbocycles. The maximum Gasteiger partial charge on any atom is 0.274 e. The van der Waals surface area contributed by atoms with Gasteiger partial charge in [0.25, 0.3) is 15.9 Å². The van der Waals surface area contributed by atoms with Crippen molar-refractivity contribution < 1.29 is 17.9 Å². The number of hydrogen-bond donors (Lipinski definition) is 2. The summed E-state index contributed by atoms with van der Waals surface area (Å²) < 4.78 is 33.9. The van der Waals surface area contributed by atoms with Crippen LogP contribution in [0.15, 0.2) is 89.8 Å². The molecule has 0 aliphatic rings. The van der Waals surface area contributed by atoms with E-state index in [2.05, 4.69) is 15.0 Å². The fourth-order valence-electron chi connectivity index (χ4n) is 3.41. The molecule has 0 spiro atoms. The lowest BCUT2D eigenvalue weighted by Gasteiger charge is -2.14. The molecule has 4 aromatic rings. The lowest BCUT2D eigenvalue weighted by Crippen LogP contribution is -2.17. The van der Waals surface area contributed by atoms with E-state index in [0.717, 1.165) is 5.56 Å². The van der Waals surface area contributed by atoms with E-state index in [4.69, 9.17) is 16.3 Å². The largest absolute Gasteiger partial charge is 0.495 e. The number of rotatable bonds is 7. The van der Waals surface area contributed by atoms with Crippen molar-refractivity contribution in [3.63, 3.8) is 0 Å². The molecule has 2 N–H and O–H groups in total. The fraction of sp³-hybridized carbons (Fsp3) is 0.0769. The van der Waals surface area contributed by atoms with E-state index in [1.165, 1.54) is 19.2 Å². The molecule has 0 bridgehead atoms. The van der Waals surface area contributed by atoms with Crippen molar-refractivity contribution >= 4 is 38.9 Å². The summed E-state index contributed by atoms with van der Waals surface area (Å²) in [5.74, 6) is -0.329. The number of hydrogen-bond acceptors (Lipinski definition) is 5. The van der Waals surface area contributed by atoms with Gasteiger partial charge in [-0.15, -0.1) is 0 Å². The van der Waals surface area contributed by atoms with Gasteiger partial charge < -0.3 is 10.1 Å². The minimum atomic E-state index is -4.03. The first kappa shape index (κ1) is 24.3. The number of nitrogens with one attached hydrogen (secondary N) is 2. The Morgan fingerprint density at radius 2 is 1.60 bits per heavy atom. The lowest BCUT2D eigenvalue weighted by molar-refractivity contribution is 0.102. The van der Waals surface area contributed by atoms with Gasteiger partial charge in [-0.3, -0.25) is 9.52 Å². The summed E-state index contributed by atoms with van der Waals surface area (Å²) in [6, 6.07) is 23.8. The van der Waals surface area contributed by atoms with Gasteiger partial charge in [-0.1, -0.05) is 48.0 Å². The van der Waals surface area contributed by atoms with Gasteiger partial charge in [0.1, 0.15) is 16.3 Å². The number of aromatic nitrogens is 1. The average Bonchev–Trinajstić information content (AvgIpc) is 2.86. The summed E-state index contributed by atoms with van der Waals surface area (Å²) in [5.41, 5.74) is 3.08. The molecule has 178 valence electrons. The van der Waals surface area contributed by atoms with Crippen molar-refractivity contribution in [3.8, 4) is 17.0 Å². The predicted octanol–water partition coefficient (Wildman–Crippen LogP) is 5.77. The number of pyridine rings is 1. The second-order valence-corrected chi connectivity index (χ2v) is 9.75. The van der Waals surface area contributed by atoms with E-state index < -0.39 is 15.9 Å². The lowest BCUT2D eigenvalue weighted by atomic mass is 10.1. The first-order valence-corrected chi connectivity index (χ1v) is 12.4. The zero-order valence-electron chi connectivity index (χ0n) is 18.9. The van der Waals surface area contributed by atoms with Crippen LogP contribution >= 0.6 is 11.6 Å². The Hall–Kier alpha value is -3.88. The Morgan fingerprint density at radius 1 is 0.914 bits per heavy atom. The van der Waals surface area contributed by atoms with Crippen LogP contribution in [0.25, 0.3) is 11.3 Å². The van der Waals surface area contributed by atoms with Gasteiger partial charge in [-0.25, -0.2) is 13.4 Å². The fourth-order valence-corrected chi connectivity index (χ4v) is 4.79. The minimum absolute atomic E-state index is 0.129. The summed E-state index contributed by atoms with van der Waals surface area (Å²) in [6.07, 6.45) is 0. The molecule has 0 saturated carbocycles. The van der Waals surface area contributed by atoms with Gasteiger partial charge in [0.15, 0.2) is 0 Å². The highest BCUT2D eigenvalue weighted by Crippen LogP contribution is 2.29. The van der Waals surface area contributed by atoms with E-state index >= 15 is 0 Å². The van der Waals surface area contributed by atoms with Crippen molar-refractivity contribution in [2.45, 2.75) is 11.8 Å². The maximum absolute atomic E-state index is 13.1. The van der Waals surface area contributed by atoms with Crippen LogP contribution in [0.4, 0.5) is 11.4 Å². The Bertz CT molecular complexity index is 1470. The van der Waals surface area contributed by atoms with Gasteiger partial charge in [0.2, 0.25) is 0 Å². The van der Waals surface area contributed by atoms with E-state index in [-0.39, 0.29) is 22.0 Å². The smallest absolute Gasteiger partial charge is 0.274 e. The van der Waals surface area contributed by atoms with Crippen LogP contribution in [-0.2, 0) is 10.0 Å². The van der Waals surface area contributed by atoms with E-state index in [1.54, 1.807) is 37.3 Å². The molecule has 35 heavy (non-hydrogen) atoms. The zero-order chi connectivity index (χ0) is 25.0. The highest BCUT2D eigenvalue weighted by Gasteiger charge is 2.22. The monoisotopic (exact) mass is 507 g/mol. The van der Waals surface area contributed by atoms with E-state index in [1.807, 2.05) is 42.5 Å². The number of halogens is 1. The number of benzene rings is 3. The highest BCUT2D eigenvalue weighted by molar-refractivity contribution is 7.92. The maximum atomic E-state index is 13.1. The first-order valence-electron chi connectivity index (χ1n) is 10.6. The molecule has 1 heterocycles.